The van der Waals surface area contributed by atoms with Crippen LogP contribution in [0.15, 0.2) is 12.2 Å². The molecule has 1 aliphatic rings. The lowest BCUT2D eigenvalue weighted by molar-refractivity contribution is -0.298. The van der Waals surface area contributed by atoms with Gasteiger partial charge in [0.2, 0.25) is 5.91 Å². The normalized spacial score (nSPS) is 21.1. The van der Waals surface area contributed by atoms with Gasteiger partial charge in [0.15, 0.2) is 6.29 Å². The third-order valence-corrected chi connectivity index (χ3v) is 12.6. The highest BCUT2D eigenvalue weighted by molar-refractivity contribution is 7.80. The van der Waals surface area contributed by atoms with E-state index in [1.807, 2.05) is 6.08 Å². The first-order chi connectivity index (χ1) is 29.9. The number of carbonyl (C=O) groups excluding carboxylic acids is 1. The van der Waals surface area contributed by atoms with E-state index in [-0.39, 0.29) is 6.42 Å². The predicted molar refractivity (Wildman–Crippen MR) is 247 cm³/mol. The molecule has 62 heavy (non-hydrogen) atoms. The second kappa shape index (κ2) is 39.0. The van der Waals surface area contributed by atoms with Gasteiger partial charge in [-0.15, -0.1) is 0 Å². The molecular weight excluding hydrogens is 815 g/mol. The Bertz CT molecular complexity index is 1180. The first kappa shape index (κ1) is 58.8. The minimum absolute atomic E-state index is 0.247. The van der Waals surface area contributed by atoms with E-state index < -0.39 is 78.5 Å². The SMILES string of the molecule is CCCCCCCCCCCCCCCCCCCCC/C=C/C(O)C(COC1OC(CO)C(O)C(OS(=O)(=O)O)C1O)NC(=O)C(O)CCCCCCCCCCCCCC. The number of unbranched alkanes of at least 4 members (excludes halogenated alkanes) is 30. The Balaban J connectivity index is 2.51. The summed E-state index contributed by atoms with van der Waals surface area (Å²) < 4.78 is 47.6. The van der Waals surface area contributed by atoms with Crippen molar-refractivity contribution in [2.45, 2.75) is 275 Å². The monoisotopic (exact) mass is 908 g/mol. The molecule has 0 aromatic heterocycles. The van der Waals surface area contributed by atoms with E-state index in [1.165, 1.54) is 154 Å². The molecule has 0 aromatic rings. The van der Waals surface area contributed by atoms with E-state index in [1.54, 1.807) is 6.08 Å². The Morgan fingerprint density at radius 2 is 1.05 bits per heavy atom. The molecule has 14 heteroatoms. The van der Waals surface area contributed by atoms with Crippen LogP contribution in [0.1, 0.15) is 226 Å². The van der Waals surface area contributed by atoms with E-state index in [9.17, 15) is 43.3 Å². The molecule has 1 fully saturated rings. The summed E-state index contributed by atoms with van der Waals surface area (Å²) in [5.74, 6) is -0.700. The zero-order chi connectivity index (χ0) is 45.7. The van der Waals surface area contributed by atoms with Crippen LogP contribution in [0.4, 0.5) is 0 Å². The predicted octanol–water partition coefficient (Wildman–Crippen LogP) is 9.31. The molecule has 368 valence electrons. The zero-order valence-corrected chi connectivity index (χ0v) is 39.9. The molecule has 0 aliphatic carbocycles. The number of aliphatic hydroxyl groups excluding tert-OH is 5. The molecule has 1 aliphatic heterocycles. The minimum Gasteiger partial charge on any atom is -0.394 e. The third kappa shape index (κ3) is 30.8. The fourth-order valence-electron chi connectivity index (χ4n) is 8.17. The number of allylic oxidation sites excluding steroid dienone is 1. The van der Waals surface area contributed by atoms with Gasteiger partial charge in [0.05, 0.1) is 25.4 Å². The van der Waals surface area contributed by atoms with Gasteiger partial charge < -0.3 is 40.3 Å². The van der Waals surface area contributed by atoms with E-state index in [4.69, 9.17) is 9.47 Å². The highest BCUT2D eigenvalue weighted by atomic mass is 32.3. The number of nitrogens with one attached hydrogen (secondary N) is 1. The number of hydrogen-bond donors (Lipinski definition) is 7. The molecule has 0 aromatic carbocycles. The van der Waals surface area contributed by atoms with Crippen molar-refractivity contribution in [1.29, 1.82) is 0 Å². The molecule has 0 saturated carbocycles. The van der Waals surface area contributed by atoms with Crippen molar-refractivity contribution in [3.63, 3.8) is 0 Å². The number of carbonyl (C=O) groups is 1. The Hall–Kier alpha value is -1.20. The second-order valence-corrected chi connectivity index (χ2v) is 19.0. The fourth-order valence-corrected chi connectivity index (χ4v) is 8.68. The molecule has 0 spiro atoms. The van der Waals surface area contributed by atoms with Crippen LogP contribution in [0, 0.1) is 0 Å². The molecule has 0 bridgehead atoms. The summed E-state index contributed by atoms with van der Waals surface area (Å²) in [5, 5.41) is 55.3. The van der Waals surface area contributed by atoms with Gasteiger partial charge in [-0.25, -0.2) is 4.18 Å². The van der Waals surface area contributed by atoms with Crippen molar-refractivity contribution in [1.82, 2.24) is 5.32 Å². The van der Waals surface area contributed by atoms with E-state index in [0.717, 1.165) is 38.5 Å². The summed E-state index contributed by atoms with van der Waals surface area (Å²) in [5.41, 5.74) is 0. The smallest absolute Gasteiger partial charge is 0.394 e. The van der Waals surface area contributed by atoms with Crippen LogP contribution >= 0.6 is 0 Å². The van der Waals surface area contributed by atoms with Crippen LogP contribution in [-0.4, -0.2) is 107 Å². The van der Waals surface area contributed by atoms with Crippen molar-refractivity contribution in [3.8, 4) is 0 Å². The fraction of sp³-hybridized carbons (Fsp3) is 0.938. The summed E-state index contributed by atoms with van der Waals surface area (Å²) >= 11 is 0. The first-order valence-corrected chi connectivity index (χ1v) is 26.5. The van der Waals surface area contributed by atoms with Crippen molar-refractivity contribution < 1.29 is 57.0 Å². The van der Waals surface area contributed by atoms with Gasteiger partial charge in [-0.3, -0.25) is 9.35 Å². The van der Waals surface area contributed by atoms with Gasteiger partial charge in [-0.2, -0.15) is 8.42 Å². The summed E-state index contributed by atoms with van der Waals surface area (Å²) in [6.07, 6.45) is 31.5. The second-order valence-electron chi connectivity index (χ2n) is 17.9. The number of ether oxygens (including phenoxy) is 2. The maximum Gasteiger partial charge on any atom is 0.397 e. The summed E-state index contributed by atoms with van der Waals surface area (Å²) in [6, 6.07) is -1.11. The van der Waals surface area contributed by atoms with Crippen LogP contribution < -0.4 is 5.32 Å². The summed E-state index contributed by atoms with van der Waals surface area (Å²) in [4.78, 5) is 13.1. The first-order valence-electron chi connectivity index (χ1n) is 25.2. The number of aliphatic hydroxyl groups is 5. The molecule has 1 heterocycles. The summed E-state index contributed by atoms with van der Waals surface area (Å²) in [6.45, 7) is 3.23. The van der Waals surface area contributed by atoms with Crippen molar-refractivity contribution in [2.75, 3.05) is 13.2 Å². The van der Waals surface area contributed by atoms with Crippen molar-refractivity contribution in [3.05, 3.63) is 12.2 Å². The quantitative estimate of drug-likeness (QED) is 0.0173. The van der Waals surface area contributed by atoms with Gasteiger partial charge in [0.25, 0.3) is 0 Å². The standard InChI is InChI=1S/C48H93NO12S/c1-3-5-7-9-11-13-15-17-18-19-20-21-22-23-24-25-27-28-30-32-34-36-41(51)40(39-59-48-45(54)46(61-62(56,57)58)44(53)43(38-50)60-48)49-47(55)42(52)37-35-33-31-29-26-16-14-12-10-8-6-4-2/h34,36,40-46,48,50-54H,3-33,35,37-39H2,1-2H3,(H,49,55)(H,56,57,58)/b36-34+. The van der Waals surface area contributed by atoms with Gasteiger partial charge in [0.1, 0.15) is 30.5 Å². The lowest BCUT2D eigenvalue weighted by Gasteiger charge is -2.41. The Kier molecular flexibility index (Phi) is 37.0. The molecule has 1 saturated heterocycles. The summed E-state index contributed by atoms with van der Waals surface area (Å²) in [7, 11) is -5.12. The van der Waals surface area contributed by atoms with Crippen LogP contribution in [0.3, 0.4) is 0 Å². The van der Waals surface area contributed by atoms with Crippen LogP contribution in [0.25, 0.3) is 0 Å². The number of rotatable bonds is 43. The van der Waals surface area contributed by atoms with Crippen molar-refractivity contribution in [2.24, 2.45) is 0 Å². The average Bonchev–Trinajstić information content (AvgIpc) is 3.24. The molecule has 7 N–H and O–H groups in total. The zero-order valence-electron chi connectivity index (χ0n) is 39.1. The lowest BCUT2D eigenvalue weighted by Crippen LogP contribution is -2.61. The van der Waals surface area contributed by atoms with Gasteiger partial charge in [0, 0.05) is 0 Å². The van der Waals surface area contributed by atoms with Crippen LogP contribution in [0.5, 0.6) is 0 Å². The third-order valence-electron chi connectivity index (χ3n) is 12.2. The molecule has 13 nitrogen and oxygen atoms in total. The largest absolute Gasteiger partial charge is 0.397 e. The van der Waals surface area contributed by atoms with E-state index in [2.05, 4.69) is 23.3 Å². The average molecular weight is 908 g/mol. The molecule has 0 radical (unpaired) electrons. The van der Waals surface area contributed by atoms with Crippen LogP contribution in [0.2, 0.25) is 0 Å². The molecule has 8 unspecified atom stereocenters. The van der Waals surface area contributed by atoms with E-state index >= 15 is 0 Å². The maximum absolute atomic E-state index is 13.1. The maximum atomic E-state index is 13.1. The van der Waals surface area contributed by atoms with Gasteiger partial charge >= 0.3 is 10.4 Å². The number of hydrogen-bond acceptors (Lipinski definition) is 11. The molecule has 8 atom stereocenters. The Morgan fingerprint density at radius 3 is 1.45 bits per heavy atom. The molecule has 1 rings (SSSR count). The van der Waals surface area contributed by atoms with Crippen molar-refractivity contribution >= 4 is 16.3 Å². The minimum atomic E-state index is -5.12. The molecule has 1 amide bonds. The Morgan fingerprint density at radius 1 is 0.645 bits per heavy atom. The Labute approximate surface area is 377 Å². The highest BCUT2D eigenvalue weighted by Gasteiger charge is 2.48. The number of amides is 1. The van der Waals surface area contributed by atoms with E-state index in [0.29, 0.717) is 12.8 Å². The lowest BCUT2D eigenvalue weighted by atomic mass is 9.99. The molecular formula is C48H93NO12S. The van der Waals surface area contributed by atoms with Crippen LogP contribution in [-0.2, 0) is 28.9 Å². The highest BCUT2D eigenvalue weighted by Crippen LogP contribution is 2.26. The van der Waals surface area contributed by atoms with Gasteiger partial charge in [-0.1, -0.05) is 219 Å². The van der Waals surface area contributed by atoms with Gasteiger partial charge in [-0.05, 0) is 19.3 Å². The topological polar surface area (TPSA) is 212 Å².